The van der Waals surface area contributed by atoms with Crippen molar-refractivity contribution in [2.75, 3.05) is 6.54 Å². The van der Waals surface area contributed by atoms with Crippen LogP contribution in [0.4, 0.5) is 0 Å². The lowest BCUT2D eigenvalue weighted by Crippen LogP contribution is -2.60. The molecule has 3 saturated carbocycles. The Morgan fingerprint density at radius 3 is 2.71 bits per heavy atom. The Labute approximate surface area is 146 Å². The molecule has 2 heterocycles. The van der Waals surface area contributed by atoms with Crippen LogP contribution in [-0.2, 0) is 0 Å². The average molecular weight is 340 g/mol. The van der Waals surface area contributed by atoms with Gasteiger partial charge in [0, 0.05) is 11.2 Å². The molecule has 6 rings (SSSR count). The highest BCUT2D eigenvalue weighted by molar-refractivity contribution is 7.21. The first kappa shape index (κ1) is 14.9. The average Bonchev–Trinajstić information content (AvgIpc) is 3.24. The fraction of sp³-hybridized carbons (Fsp3) is 0.550. The van der Waals surface area contributed by atoms with Crippen LogP contribution in [-0.4, -0.2) is 24.0 Å². The molecule has 3 nitrogen and oxygen atoms in total. The summed E-state index contributed by atoms with van der Waals surface area (Å²) in [4.78, 5) is 13.8. The molecule has 2 bridgehead atoms. The van der Waals surface area contributed by atoms with E-state index >= 15 is 0 Å². The van der Waals surface area contributed by atoms with Crippen molar-refractivity contribution < 1.29 is 4.79 Å². The third-order valence-electron chi connectivity index (χ3n) is 6.83. The Hall–Kier alpha value is -1.39. The second-order valence-corrected chi connectivity index (χ2v) is 9.05. The Morgan fingerprint density at radius 1 is 1.25 bits per heavy atom. The first-order valence-corrected chi connectivity index (χ1v) is 9.96. The fourth-order valence-electron chi connectivity index (χ4n) is 5.16. The Bertz CT molecular complexity index is 828. The summed E-state index contributed by atoms with van der Waals surface area (Å²) < 4.78 is 1.25. The molecule has 2 atom stereocenters. The number of rotatable bonds is 2. The first-order chi connectivity index (χ1) is 11.6. The summed E-state index contributed by atoms with van der Waals surface area (Å²) in [6, 6.07) is 6.67. The minimum absolute atomic E-state index is 0.124. The smallest absolute Gasteiger partial charge is 0.261 e. The number of thiophene rings is 1. The number of amides is 1. The van der Waals surface area contributed by atoms with Gasteiger partial charge in [0.1, 0.15) is 0 Å². The number of fused-ring (bicyclic) bond motifs is 3. The largest absolute Gasteiger partial charge is 0.346 e. The van der Waals surface area contributed by atoms with Gasteiger partial charge in [-0.2, -0.15) is 0 Å². The van der Waals surface area contributed by atoms with E-state index in [-0.39, 0.29) is 11.4 Å². The molecule has 126 valence electrons. The molecular formula is C20H24N2OS. The molecule has 1 aromatic heterocycles. The second-order valence-electron chi connectivity index (χ2n) is 7.99. The van der Waals surface area contributed by atoms with Gasteiger partial charge in [0.2, 0.25) is 0 Å². The van der Waals surface area contributed by atoms with Gasteiger partial charge in [-0.25, -0.2) is 0 Å². The molecule has 4 aliphatic rings. The van der Waals surface area contributed by atoms with Gasteiger partial charge >= 0.3 is 0 Å². The van der Waals surface area contributed by atoms with E-state index in [1.54, 1.807) is 11.3 Å². The molecule has 24 heavy (non-hydrogen) atoms. The maximum Gasteiger partial charge on any atom is 0.261 e. The van der Waals surface area contributed by atoms with Crippen molar-refractivity contribution in [3.8, 4) is 0 Å². The highest BCUT2D eigenvalue weighted by atomic mass is 32.1. The molecule has 4 fully saturated rings. The summed E-state index contributed by atoms with van der Waals surface area (Å²) >= 11 is 1.64. The summed E-state index contributed by atoms with van der Waals surface area (Å²) in [6.45, 7) is 5.37. The number of hydrogen-bond acceptors (Lipinski definition) is 3. The summed E-state index contributed by atoms with van der Waals surface area (Å²) in [7, 11) is 0. The van der Waals surface area contributed by atoms with Gasteiger partial charge in [0.25, 0.3) is 5.91 Å². The molecule has 2 N–H and O–H groups in total. The van der Waals surface area contributed by atoms with E-state index in [0.29, 0.717) is 12.0 Å². The zero-order chi connectivity index (χ0) is 16.5. The topological polar surface area (TPSA) is 51.0 Å². The summed E-state index contributed by atoms with van der Waals surface area (Å²) in [5, 5.41) is 8.24. The SMILES string of the molecule is Cc1ccc2cc(C(=O)NC3C4CCC(CC4)[C@@]34CN4)sc2c1C. The van der Waals surface area contributed by atoms with Crippen LogP contribution >= 0.6 is 11.3 Å². The lowest BCUT2D eigenvalue weighted by atomic mass is 9.61. The van der Waals surface area contributed by atoms with Gasteiger partial charge < -0.3 is 10.6 Å². The van der Waals surface area contributed by atoms with Crippen molar-refractivity contribution in [2.24, 2.45) is 11.8 Å². The van der Waals surface area contributed by atoms with Crippen molar-refractivity contribution in [2.45, 2.75) is 51.1 Å². The third-order valence-corrected chi connectivity index (χ3v) is 8.10. The Balaban J connectivity index is 1.44. The lowest BCUT2D eigenvalue weighted by molar-refractivity contribution is 0.0637. The first-order valence-electron chi connectivity index (χ1n) is 9.14. The molecule has 1 aromatic carbocycles. The highest BCUT2D eigenvalue weighted by Crippen LogP contribution is 2.51. The van der Waals surface area contributed by atoms with Gasteiger partial charge in [-0.1, -0.05) is 12.1 Å². The van der Waals surface area contributed by atoms with Crippen LogP contribution in [0.2, 0.25) is 0 Å². The molecule has 1 spiro atoms. The molecule has 1 unspecified atom stereocenters. The predicted octanol–water partition coefficient (Wildman–Crippen LogP) is 3.78. The summed E-state index contributed by atoms with van der Waals surface area (Å²) in [6.07, 6.45) is 5.24. The van der Waals surface area contributed by atoms with Crippen molar-refractivity contribution in [3.63, 3.8) is 0 Å². The zero-order valence-electron chi connectivity index (χ0n) is 14.3. The van der Waals surface area contributed by atoms with Gasteiger partial charge in [0.15, 0.2) is 0 Å². The van der Waals surface area contributed by atoms with Crippen LogP contribution in [0.1, 0.15) is 46.5 Å². The van der Waals surface area contributed by atoms with Crippen LogP contribution in [0, 0.1) is 25.7 Å². The van der Waals surface area contributed by atoms with Crippen LogP contribution in [0.15, 0.2) is 18.2 Å². The molecule has 2 aromatic rings. The molecule has 1 saturated heterocycles. The molecule has 1 aliphatic heterocycles. The van der Waals surface area contributed by atoms with Crippen LogP contribution in [0.5, 0.6) is 0 Å². The van der Waals surface area contributed by atoms with E-state index in [9.17, 15) is 4.79 Å². The van der Waals surface area contributed by atoms with E-state index in [1.807, 2.05) is 0 Å². The van der Waals surface area contributed by atoms with Gasteiger partial charge in [-0.3, -0.25) is 4.79 Å². The van der Waals surface area contributed by atoms with Crippen LogP contribution in [0.25, 0.3) is 10.1 Å². The molecule has 3 aliphatic carbocycles. The van der Waals surface area contributed by atoms with E-state index < -0.39 is 0 Å². The monoisotopic (exact) mass is 340 g/mol. The highest BCUT2D eigenvalue weighted by Gasteiger charge is 2.61. The molecule has 1 amide bonds. The van der Waals surface area contributed by atoms with Crippen LogP contribution in [0.3, 0.4) is 0 Å². The molecular weight excluding hydrogens is 316 g/mol. The van der Waals surface area contributed by atoms with Gasteiger partial charge in [0.05, 0.1) is 16.5 Å². The number of benzene rings is 1. The minimum atomic E-state index is 0.124. The zero-order valence-corrected chi connectivity index (χ0v) is 15.1. The van der Waals surface area contributed by atoms with E-state index in [0.717, 1.165) is 17.3 Å². The number of nitrogens with one attached hydrogen (secondary N) is 2. The summed E-state index contributed by atoms with van der Waals surface area (Å²) in [5.41, 5.74) is 2.82. The van der Waals surface area contributed by atoms with E-state index in [4.69, 9.17) is 0 Å². The van der Waals surface area contributed by atoms with Crippen LogP contribution < -0.4 is 10.6 Å². The summed E-state index contributed by atoms with van der Waals surface area (Å²) in [5.74, 6) is 1.55. The van der Waals surface area contributed by atoms with Crippen molar-refractivity contribution in [1.82, 2.24) is 10.6 Å². The van der Waals surface area contributed by atoms with Crippen molar-refractivity contribution >= 4 is 27.3 Å². The van der Waals surface area contributed by atoms with Gasteiger partial charge in [-0.05, 0) is 73.9 Å². The minimum Gasteiger partial charge on any atom is -0.346 e. The quantitative estimate of drug-likeness (QED) is 0.818. The second kappa shape index (κ2) is 5.06. The lowest BCUT2D eigenvalue weighted by Gasteiger charge is -2.48. The van der Waals surface area contributed by atoms with Gasteiger partial charge in [-0.15, -0.1) is 11.3 Å². The maximum atomic E-state index is 12.9. The Kier molecular flexibility index (Phi) is 3.14. The van der Waals surface area contributed by atoms with E-state index in [2.05, 4.69) is 42.7 Å². The molecule has 4 heteroatoms. The van der Waals surface area contributed by atoms with E-state index in [1.165, 1.54) is 46.9 Å². The number of carbonyl (C=O) groups is 1. The standard InChI is InChI=1S/C20H24N2OS/c1-11-3-4-14-9-16(24-17(14)12(11)2)19(23)22-18-13-5-7-15(8-6-13)20(18)10-21-20/h3-4,9,13,15,18,21H,5-8,10H2,1-2H3,(H,22,23)/t13?,15?,18?,20-/m0/s1. The fourth-order valence-corrected chi connectivity index (χ4v) is 6.28. The third kappa shape index (κ3) is 2.02. The van der Waals surface area contributed by atoms with Crippen molar-refractivity contribution in [1.29, 1.82) is 0 Å². The number of hydrogen-bond donors (Lipinski definition) is 2. The maximum absolute atomic E-state index is 12.9. The molecule has 0 radical (unpaired) electrons. The predicted molar refractivity (Wildman–Crippen MR) is 98.7 cm³/mol. The number of aryl methyl sites for hydroxylation is 2. The Morgan fingerprint density at radius 2 is 2.00 bits per heavy atom. The van der Waals surface area contributed by atoms with Crippen molar-refractivity contribution in [3.05, 3.63) is 34.2 Å². The number of carbonyl (C=O) groups excluding carboxylic acids is 1. The normalized spacial score (nSPS) is 34.0.